The van der Waals surface area contributed by atoms with Crippen molar-refractivity contribution in [1.82, 2.24) is 4.90 Å². The molecule has 0 spiro atoms. The molecule has 1 aliphatic heterocycles. The first-order valence-corrected chi connectivity index (χ1v) is 10.1. The van der Waals surface area contributed by atoms with E-state index in [1.165, 1.54) is 12.1 Å². The van der Waals surface area contributed by atoms with Crippen LogP contribution in [0.2, 0.25) is 5.02 Å². The lowest BCUT2D eigenvalue weighted by molar-refractivity contribution is 0.0191. The van der Waals surface area contributed by atoms with Gasteiger partial charge < -0.3 is 9.64 Å². The normalized spacial score (nSPS) is 16.9. The van der Waals surface area contributed by atoms with Crippen molar-refractivity contribution in [2.24, 2.45) is 5.92 Å². The van der Waals surface area contributed by atoms with Crippen LogP contribution >= 0.6 is 11.6 Å². The third-order valence-electron chi connectivity index (χ3n) is 3.89. The Hall–Kier alpha value is -1.27. The van der Waals surface area contributed by atoms with Gasteiger partial charge in [-0.3, -0.25) is 0 Å². The minimum atomic E-state index is -3.34. The quantitative estimate of drug-likeness (QED) is 0.809. The van der Waals surface area contributed by atoms with Gasteiger partial charge in [0.2, 0.25) is 0 Å². The predicted octanol–water partition coefficient (Wildman–Crippen LogP) is 3.76. The molecule has 7 heteroatoms. The highest BCUT2D eigenvalue weighted by Gasteiger charge is 2.29. The highest BCUT2D eigenvalue weighted by atomic mass is 35.5. The van der Waals surface area contributed by atoms with Crippen LogP contribution in [0.4, 0.5) is 4.79 Å². The van der Waals surface area contributed by atoms with E-state index in [-0.39, 0.29) is 17.8 Å². The third kappa shape index (κ3) is 5.38. The van der Waals surface area contributed by atoms with Crippen molar-refractivity contribution in [2.75, 3.05) is 18.8 Å². The van der Waals surface area contributed by atoms with Crippen molar-refractivity contribution in [3.05, 3.63) is 29.3 Å². The number of benzene rings is 1. The van der Waals surface area contributed by atoms with E-state index in [2.05, 4.69) is 0 Å². The van der Waals surface area contributed by atoms with Crippen LogP contribution in [-0.2, 0) is 14.6 Å². The van der Waals surface area contributed by atoms with Crippen LogP contribution in [0, 0.1) is 5.92 Å². The van der Waals surface area contributed by atoms with Gasteiger partial charge in [-0.25, -0.2) is 13.2 Å². The van der Waals surface area contributed by atoms with Crippen molar-refractivity contribution in [3.63, 3.8) is 0 Å². The maximum atomic E-state index is 12.5. The van der Waals surface area contributed by atoms with Crippen molar-refractivity contribution >= 4 is 27.5 Å². The smallest absolute Gasteiger partial charge is 0.410 e. The molecular formula is C17H24ClNO4S. The molecule has 1 fully saturated rings. The topological polar surface area (TPSA) is 63.7 Å². The van der Waals surface area contributed by atoms with E-state index in [9.17, 15) is 13.2 Å². The molecule has 1 aromatic carbocycles. The molecule has 0 aliphatic carbocycles. The monoisotopic (exact) mass is 373 g/mol. The summed E-state index contributed by atoms with van der Waals surface area (Å²) in [6, 6.07) is 6.24. The van der Waals surface area contributed by atoms with Gasteiger partial charge in [-0.1, -0.05) is 11.6 Å². The lowest BCUT2D eigenvalue weighted by atomic mass is 9.99. The predicted molar refractivity (Wildman–Crippen MR) is 94.0 cm³/mol. The minimum Gasteiger partial charge on any atom is -0.444 e. The van der Waals surface area contributed by atoms with E-state index in [1.807, 2.05) is 20.8 Å². The van der Waals surface area contributed by atoms with Gasteiger partial charge >= 0.3 is 6.09 Å². The van der Waals surface area contributed by atoms with Gasteiger partial charge in [-0.05, 0) is 63.8 Å². The Balaban J connectivity index is 1.91. The average molecular weight is 374 g/mol. The molecule has 1 heterocycles. The van der Waals surface area contributed by atoms with Crippen molar-refractivity contribution < 1.29 is 17.9 Å². The van der Waals surface area contributed by atoms with Gasteiger partial charge in [-0.2, -0.15) is 0 Å². The van der Waals surface area contributed by atoms with E-state index in [4.69, 9.17) is 16.3 Å². The molecule has 1 aliphatic rings. The highest BCUT2D eigenvalue weighted by molar-refractivity contribution is 7.91. The van der Waals surface area contributed by atoms with E-state index >= 15 is 0 Å². The number of likely N-dealkylation sites (tertiary alicyclic amines) is 1. The second-order valence-electron chi connectivity index (χ2n) is 7.15. The van der Waals surface area contributed by atoms with E-state index in [0.717, 1.165) is 0 Å². The number of carbonyl (C=O) groups is 1. The van der Waals surface area contributed by atoms with Gasteiger partial charge in [0, 0.05) is 18.1 Å². The molecule has 0 bridgehead atoms. The van der Waals surface area contributed by atoms with Crippen molar-refractivity contribution in [2.45, 2.75) is 44.1 Å². The zero-order valence-electron chi connectivity index (χ0n) is 14.3. The summed E-state index contributed by atoms with van der Waals surface area (Å²) in [5.74, 6) is 0.140. The van der Waals surface area contributed by atoms with Crippen LogP contribution in [0.5, 0.6) is 0 Å². The molecule has 24 heavy (non-hydrogen) atoms. The van der Waals surface area contributed by atoms with E-state index in [1.54, 1.807) is 17.0 Å². The highest BCUT2D eigenvalue weighted by Crippen LogP contribution is 2.24. The number of sulfone groups is 1. The van der Waals surface area contributed by atoms with Crippen LogP contribution in [0.1, 0.15) is 33.6 Å². The third-order valence-corrected chi connectivity index (χ3v) is 6.05. The molecule has 134 valence electrons. The SMILES string of the molecule is CC(C)(C)OC(=O)N1CCC(CS(=O)(=O)c2ccc(Cl)cc2)CC1. The Labute approximate surface area is 148 Å². The standard InChI is InChI=1S/C17H24ClNO4S/c1-17(2,3)23-16(20)19-10-8-13(9-11-19)12-24(21,22)15-6-4-14(18)5-7-15/h4-7,13H,8-12H2,1-3H3. The Bertz CT molecular complexity index is 672. The molecule has 5 nitrogen and oxygen atoms in total. The molecule has 1 amide bonds. The molecule has 1 aromatic rings. The average Bonchev–Trinajstić information content (AvgIpc) is 2.46. The number of piperidine rings is 1. The maximum absolute atomic E-state index is 12.5. The lowest BCUT2D eigenvalue weighted by Crippen LogP contribution is -2.42. The molecule has 0 unspecified atom stereocenters. The summed E-state index contributed by atoms with van der Waals surface area (Å²) >= 11 is 5.80. The zero-order chi connectivity index (χ0) is 18.0. The van der Waals surface area contributed by atoms with Gasteiger partial charge in [0.25, 0.3) is 0 Å². The second-order valence-corrected chi connectivity index (χ2v) is 9.62. The van der Waals surface area contributed by atoms with Crippen LogP contribution in [0.15, 0.2) is 29.2 Å². The zero-order valence-corrected chi connectivity index (χ0v) is 15.9. The minimum absolute atomic E-state index is 0.0457. The number of carbonyl (C=O) groups excluding carboxylic acids is 1. The van der Waals surface area contributed by atoms with E-state index in [0.29, 0.717) is 35.8 Å². The van der Waals surface area contributed by atoms with Crippen LogP contribution in [-0.4, -0.2) is 43.9 Å². The first-order valence-electron chi connectivity index (χ1n) is 8.03. The van der Waals surface area contributed by atoms with Gasteiger partial charge in [0.15, 0.2) is 9.84 Å². The molecule has 0 saturated carbocycles. The molecule has 2 rings (SSSR count). The number of hydrogen-bond donors (Lipinski definition) is 0. The molecule has 1 saturated heterocycles. The van der Waals surface area contributed by atoms with Gasteiger partial charge in [0.05, 0.1) is 10.6 Å². The second kappa shape index (κ2) is 7.31. The Morgan fingerprint density at radius 3 is 2.25 bits per heavy atom. The fourth-order valence-electron chi connectivity index (χ4n) is 2.66. The van der Waals surface area contributed by atoms with Gasteiger partial charge in [-0.15, -0.1) is 0 Å². The number of amides is 1. The largest absolute Gasteiger partial charge is 0.444 e. The Kier molecular flexibility index (Phi) is 5.81. The summed E-state index contributed by atoms with van der Waals surface area (Å²) in [4.78, 5) is 14.0. The Morgan fingerprint density at radius 1 is 1.21 bits per heavy atom. The molecule has 0 radical (unpaired) electrons. The van der Waals surface area contributed by atoms with Gasteiger partial charge in [0.1, 0.15) is 5.60 Å². The van der Waals surface area contributed by atoms with Crippen LogP contribution < -0.4 is 0 Å². The first kappa shape index (κ1) is 19.1. The van der Waals surface area contributed by atoms with E-state index < -0.39 is 15.4 Å². The number of halogens is 1. The summed E-state index contributed by atoms with van der Waals surface area (Å²) in [5.41, 5.74) is -0.522. The summed E-state index contributed by atoms with van der Waals surface area (Å²) in [6.07, 6.45) is 0.986. The maximum Gasteiger partial charge on any atom is 0.410 e. The lowest BCUT2D eigenvalue weighted by Gasteiger charge is -2.33. The fourth-order valence-corrected chi connectivity index (χ4v) is 4.48. The summed E-state index contributed by atoms with van der Waals surface area (Å²) in [7, 11) is -3.34. The molecule has 0 atom stereocenters. The van der Waals surface area contributed by atoms with Crippen molar-refractivity contribution in [1.29, 1.82) is 0 Å². The molecule has 0 N–H and O–H groups in total. The summed E-state index contributed by atoms with van der Waals surface area (Å²) in [5, 5.41) is 0.514. The molecular weight excluding hydrogens is 350 g/mol. The molecule has 0 aromatic heterocycles. The number of rotatable bonds is 3. The summed E-state index contributed by atoms with van der Waals surface area (Å²) < 4.78 is 30.3. The number of ether oxygens (including phenoxy) is 1. The van der Waals surface area contributed by atoms with Crippen molar-refractivity contribution in [3.8, 4) is 0 Å². The fraction of sp³-hybridized carbons (Fsp3) is 0.588. The summed E-state index contributed by atoms with van der Waals surface area (Å²) in [6.45, 7) is 6.54. The van der Waals surface area contributed by atoms with Crippen LogP contribution in [0.3, 0.4) is 0 Å². The van der Waals surface area contributed by atoms with Crippen LogP contribution in [0.25, 0.3) is 0 Å². The number of nitrogens with zero attached hydrogens (tertiary/aromatic N) is 1. The number of hydrogen-bond acceptors (Lipinski definition) is 4. The first-order chi connectivity index (χ1) is 11.1. The Morgan fingerprint density at radius 2 is 1.75 bits per heavy atom.